The molecule has 0 radical (unpaired) electrons. The Balaban J connectivity index is 1.34. The van der Waals surface area contributed by atoms with Gasteiger partial charge in [-0.3, -0.25) is 9.69 Å². The molecule has 1 aliphatic rings. The van der Waals surface area contributed by atoms with Gasteiger partial charge in [0.25, 0.3) is 5.91 Å². The number of aromatic amines is 1. The smallest absolute Gasteiger partial charge is 0.266 e. The van der Waals surface area contributed by atoms with Crippen LogP contribution < -0.4 is 4.74 Å². The number of carbonyl (C=O) groups is 1. The van der Waals surface area contributed by atoms with Crippen molar-refractivity contribution in [3.05, 3.63) is 113 Å². The van der Waals surface area contributed by atoms with Crippen molar-refractivity contribution in [1.29, 1.82) is 0 Å². The fourth-order valence-electron chi connectivity index (χ4n) is 5.04. The Morgan fingerprint density at radius 3 is 2.62 bits per heavy atom. The Morgan fingerprint density at radius 1 is 1.05 bits per heavy atom. The predicted octanol–water partition coefficient (Wildman–Crippen LogP) is 6.83. The summed E-state index contributed by atoms with van der Waals surface area (Å²) in [5.74, 6) is 1.58. The van der Waals surface area contributed by atoms with Crippen molar-refractivity contribution in [2.75, 3.05) is 13.7 Å². The average molecular weight is 548 g/mol. The second kappa shape index (κ2) is 10.9. The van der Waals surface area contributed by atoms with E-state index in [-0.39, 0.29) is 5.91 Å². The van der Waals surface area contributed by atoms with Crippen LogP contribution in [0.5, 0.6) is 5.75 Å². The molecule has 0 unspecified atom stereocenters. The van der Waals surface area contributed by atoms with Crippen molar-refractivity contribution in [3.8, 4) is 11.6 Å². The van der Waals surface area contributed by atoms with Crippen LogP contribution in [0.25, 0.3) is 22.8 Å². The normalized spacial score (nSPS) is 15.6. The summed E-state index contributed by atoms with van der Waals surface area (Å²) >= 11 is 1.41. The van der Waals surface area contributed by atoms with Gasteiger partial charge in [0.15, 0.2) is 5.17 Å². The highest BCUT2D eigenvalue weighted by atomic mass is 32.2. The third kappa shape index (κ3) is 4.94. The zero-order valence-electron chi connectivity index (χ0n) is 22.6. The SMILES string of the molecule is COc1ccc(N=C2S/C(=C\c3cc(C)n(-c4ccccn4)c3C)C(=O)N2CCc2c[nH]c3ccccc23)cc1. The van der Waals surface area contributed by atoms with Crippen LogP contribution in [0.1, 0.15) is 22.5 Å². The molecule has 0 aliphatic carbocycles. The van der Waals surface area contributed by atoms with Crippen molar-refractivity contribution in [1.82, 2.24) is 19.4 Å². The Morgan fingerprint density at radius 2 is 1.85 bits per heavy atom. The van der Waals surface area contributed by atoms with Gasteiger partial charge >= 0.3 is 0 Å². The molecule has 1 amide bonds. The van der Waals surface area contributed by atoms with Crippen LogP contribution >= 0.6 is 11.8 Å². The van der Waals surface area contributed by atoms with Gasteiger partial charge in [0, 0.05) is 41.2 Å². The summed E-state index contributed by atoms with van der Waals surface area (Å²) in [5.41, 5.74) is 6.11. The van der Waals surface area contributed by atoms with E-state index >= 15 is 0 Å². The van der Waals surface area contributed by atoms with Crippen LogP contribution in [-0.4, -0.2) is 44.2 Å². The average Bonchev–Trinajstić information content (AvgIpc) is 3.61. The molecule has 3 aromatic heterocycles. The van der Waals surface area contributed by atoms with Crippen LogP contribution in [0.3, 0.4) is 0 Å². The number of fused-ring (bicyclic) bond motifs is 1. The quantitative estimate of drug-likeness (QED) is 0.227. The Labute approximate surface area is 237 Å². The van der Waals surface area contributed by atoms with E-state index in [2.05, 4.69) is 46.6 Å². The standard InChI is InChI=1S/C32H29N5O2S/c1-21-18-24(22(2)37(21)30-10-6-7-16-33-30)19-29-31(38)36(17-15-23-20-34-28-9-5-4-8-27(23)28)32(40-29)35-25-11-13-26(39-3)14-12-25/h4-14,16,18-20,34H,15,17H2,1-3H3/b29-19-,35-32?. The van der Waals surface area contributed by atoms with Gasteiger partial charge in [0.1, 0.15) is 11.6 Å². The summed E-state index contributed by atoms with van der Waals surface area (Å²) in [6.07, 6.45) is 6.50. The first-order chi connectivity index (χ1) is 19.5. The number of pyridine rings is 1. The molecule has 7 nitrogen and oxygen atoms in total. The minimum absolute atomic E-state index is 0.0419. The number of hydrogen-bond donors (Lipinski definition) is 1. The molecule has 5 aromatic rings. The number of aryl methyl sites for hydroxylation is 1. The Hall–Kier alpha value is -4.56. The molecule has 0 atom stereocenters. The summed E-state index contributed by atoms with van der Waals surface area (Å²) in [4.78, 5) is 29.0. The molecule has 40 heavy (non-hydrogen) atoms. The third-order valence-electron chi connectivity index (χ3n) is 7.10. The number of amides is 1. The number of amidine groups is 1. The highest BCUT2D eigenvalue weighted by Gasteiger charge is 2.33. The summed E-state index contributed by atoms with van der Waals surface area (Å²) < 4.78 is 7.40. The molecular weight excluding hydrogens is 518 g/mol. The summed E-state index contributed by atoms with van der Waals surface area (Å²) in [7, 11) is 1.64. The molecule has 0 saturated carbocycles. The maximum atomic E-state index is 13.8. The first-order valence-electron chi connectivity index (χ1n) is 13.1. The van der Waals surface area contributed by atoms with Gasteiger partial charge in [-0.1, -0.05) is 24.3 Å². The third-order valence-corrected chi connectivity index (χ3v) is 8.11. The van der Waals surface area contributed by atoms with Crippen LogP contribution in [-0.2, 0) is 11.2 Å². The fourth-order valence-corrected chi connectivity index (χ4v) is 6.06. The minimum atomic E-state index is -0.0419. The number of nitrogens with one attached hydrogen (secondary N) is 1. The number of nitrogens with zero attached hydrogens (tertiary/aromatic N) is 4. The van der Waals surface area contributed by atoms with Crippen molar-refractivity contribution >= 4 is 45.5 Å². The van der Waals surface area contributed by atoms with Crippen molar-refractivity contribution < 1.29 is 9.53 Å². The van der Waals surface area contributed by atoms with Gasteiger partial charge in [0.2, 0.25) is 0 Å². The van der Waals surface area contributed by atoms with Crippen LogP contribution in [0.4, 0.5) is 5.69 Å². The monoisotopic (exact) mass is 547 g/mol. The lowest BCUT2D eigenvalue weighted by atomic mass is 10.1. The molecule has 2 aromatic carbocycles. The predicted molar refractivity (Wildman–Crippen MR) is 162 cm³/mol. The maximum Gasteiger partial charge on any atom is 0.266 e. The number of aliphatic imine (C=N–C) groups is 1. The lowest BCUT2D eigenvalue weighted by molar-refractivity contribution is -0.122. The van der Waals surface area contributed by atoms with E-state index in [1.165, 1.54) is 22.7 Å². The van der Waals surface area contributed by atoms with Crippen molar-refractivity contribution in [3.63, 3.8) is 0 Å². The number of para-hydroxylation sites is 1. The summed E-state index contributed by atoms with van der Waals surface area (Å²) in [6.45, 7) is 4.63. The van der Waals surface area contributed by atoms with Gasteiger partial charge in [0.05, 0.1) is 17.7 Å². The van der Waals surface area contributed by atoms with Crippen LogP contribution in [0, 0.1) is 13.8 Å². The fraction of sp³-hybridized carbons (Fsp3) is 0.156. The molecule has 0 spiro atoms. The minimum Gasteiger partial charge on any atom is -0.497 e. The second-order valence-corrected chi connectivity index (χ2v) is 10.6. The number of carbonyl (C=O) groups excluding carboxylic acids is 1. The van der Waals surface area contributed by atoms with E-state index in [4.69, 9.17) is 9.73 Å². The van der Waals surface area contributed by atoms with Crippen molar-refractivity contribution in [2.24, 2.45) is 4.99 Å². The molecule has 8 heteroatoms. The highest BCUT2D eigenvalue weighted by Crippen LogP contribution is 2.36. The summed E-state index contributed by atoms with van der Waals surface area (Å²) in [5, 5.41) is 1.84. The number of H-pyrrole nitrogens is 1. The lowest BCUT2D eigenvalue weighted by Gasteiger charge is -2.15. The Kier molecular flexibility index (Phi) is 7.00. The van der Waals surface area contributed by atoms with Crippen molar-refractivity contribution in [2.45, 2.75) is 20.3 Å². The van der Waals surface area contributed by atoms with E-state index in [0.717, 1.165) is 39.7 Å². The zero-order chi connectivity index (χ0) is 27.6. The molecular formula is C32H29N5O2S. The van der Waals surface area contributed by atoms with E-state index in [1.807, 2.05) is 66.9 Å². The van der Waals surface area contributed by atoms with Gasteiger partial charge < -0.3 is 14.3 Å². The number of thioether (sulfide) groups is 1. The van der Waals surface area contributed by atoms with Gasteiger partial charge in [-0.05, 0) is 97.8 Å². The number of hydrogen-bond acceptors (Lipinski definition) is 5. The number of aromatic nitrogens is 3. The molecule has 200 valence electrons. The van der Waals surface area contributed by atoms with Gasteiger partial charge in [-0.15, -0.1) is 0 Å². The largest absolute Gasteiger partial charge is 0.497 e. The van der Waals surface area contributed by atoms with Gasteiger partial charge in [-0.25, -0.2) is 9.98 Å². The van der Waals surface area contributed by atoms with E-state index < -0.39 is 0 Å². The first kappa shape index (κ1) is 25.7. The van der Waals surface area contributed by atoms with E-state index in [9.17, 15) is 4.79 Å². The molecule has 1 N–H and O–H groups in total. The van der Waals surface area contributed by atoms with E-state index in [0.29, 0.717) is 23.0 Å². The first-order valence-corrected chi connectivity index (χ1v) is 13.9. The highest BCUT2D eigenvalue weighted by molar-refractivity contribution is 8.18. The summed E-state index contributed by atoms with van der Waals surface area (Å²) in [6, 6.07) is 23.7. The second-order valence-electron chi connectivity index (χ2n) is 9.62. The number of rotatable bonds is 7. The maximum absolute atomic E-state index is 13.8. The van der Waals surface area contributed by atoms with Gasteiger partial charge in [-0.2, -0.15) is 0 Å². The van der Waals surface area contributed by atoms with Crippen LogP contribution in [0.2, 0.25) is 0 Å². The molecule has 1 aliphatic heterocycles. The molecule has 1 saturated heterocycles. The lowest BCUT2D eigenvalue weighted by Crippen LogP contribution is -2.31. The Bertz CT molecular complexity index is 1750. The molecule has 4 heterocycles. The number of methoxy groups -OCH3 is 1. The van der Waals surface area contributed by atoms with Crippen LogP contribution in [0.15, 0.2) is 95.1 Å². The number of benzene rings is 2. The molecule has 0 bridgehead atoms. The number of ether oxygens (including phenoxy) is 1. The topological polar surface area (TPSA) is 75.5 Å². The molecule has 6 rings (SSSR count). The molecule has 1 fully saturated rings. The van der Waals surface area contributed by atoms with E-state index in [1.54, 1.807) is 18.2 Å². The zero-order valence-corrected chi connectivity index (χ0v) is 23.4.